The molecular weight excluding hydrogens is 841 g/mol. The molecule has 348 valence electrons. The molecule has 0 N–H and O–H groups in total. The van der Waals surface area contributed by atoms with E-state index in [1.165, 1.54) is 72.7 Å². The minimum absolute atomic E-state index is 0.0481. The maximum Gasteiger partial charge on any atom is 0.137 e. The van der Waals surface area contributed by atoms with Gasteiger partial charge in [-0.05, 0) is 159 Å². The van der Waals surface area contributed by atoms with E-state index >= 15 is 0 Å². The van der Waals surface area contributed by atoms with Gasteiger partial charge in [-0.25, -0.2) is 4.98 Å². The van der Waals surface area contributed by atoms with Gasteiger partial charge in [0.15, 0.2) is 0 Å². The van der Waals surface area contributed by atoms with Crippen molar-refractivity contribution >= 4 is 39.9 Å². The molecule has 5 heteroatoms. The molecule has 0 spiro atoms. The first-order chi connectivity index (χ1) is 33.0. The Morgan fingerprint density at radius 1 is 0.493 bits per heavy atom. The third-order valence-corrected chi connectivity index (χ3v) is 14.2. The second kappa shape index (κ2) is 17.4. The summed E-state index contributed by atoms with van der Waals surface area (Å²) in [6, 6.07) is 55.4. The summed E-state index contributed by atoms with van der Waals surface area (Å²) in [6.45, 7) is 28.3. The van der Waals surface area contributed by atoms with E-state index in [9.17, 15) is 0 Å². The van der Waals surface area contributed by atoms with Crippen LogP contribution in [-0.2, 0) is 10.8 Å². The first-order valence-corrected chi connectivity index (χ1v) is 24.8. The average Bonchev–Trinajstić information content (AvgIpc) is 3.65. The van der Waals surface area contributed by atoms with Gasteiger partial charge in [-0.1, -0.05) is 142 Å². The van der Waals surface area contributed by atoms with Crippen molar-refractivity contribution in [2.45, 2.75) is 106 Å². The highest BCUT2D eigenvalue weighted by atomic mass is 16.5. The fourth-order valence-electron chi connectivity index (χ4n) is 10.6. The predicted molar refractivity (Wildman–Crippen MR) is 292 cm³/mol. The Balaban J connectivity index is 1.03. The van der Waals surface area contributed by atoms with E-state index in [0.717, 1.165) is 45.5 Å². The molecule has 0 unspecified atom stereocenters. The number of hydrogen-bond donors (Lipinski definition) is 0. The standard InChI is InChI=1S/C64H66N4O/c1-40(2)54-34-44(61-42(5)32-46(33-43(61)6)64(10,11)12)35-55(41(3)4)62(54)67-39-66(57-26-17-18-27-58(57)67)47-20-19-21-48(37-47)69-49-28-29-53-51-23-14-13-22-50(51)52-24-15-16-25-56(52)68(59(53)38-49)60-36-45(30-31-65-60)63(7,8)9/h13-38,40-41H,39H2,1-12H3. The van der Waals surface area contributed by atoms with Crippen LogP contribution >= 0.6 is 0 Å². The highest BCUT2D eigenvalue weighted by Crippen LogP contribution is 2.53. The highest BCUT2D eigenvalue weighted by molar-refractivity contribution is 6.02. The summed E-state index contributed by atoms with van der Waals surface area (Å²) in [6.07, 6.45) is 1.94. The van der Waals surface area contributed by atoms with E-state index in [0.29, 0.717) is 18.5 Å². The van der Waals surface area contributed by atoms with Crippen LogP contribution in [0.4, 0.5) is 39.9 Å². The van der Waals surface area contributed by atoms with Gasteiger partial charge in [0.2, 0.25) is 0 Å². The van der Waals surface area contributed by atoms with Crippen LogP contribution in [0, 0.1) is 13.8 Å². The molecule has 0 radical (unpaired) electrons. The van der Waals surface area contributed by atoms with Crippen LogP contribution in [0.25, 0.3) is 33.4 Å². The molecule has 0 bridgehead atoms. The Morgan fingerprint density at radius 2 is 1.04 bits per heavy atom. The summed E-state index contributed by atoms with van der Waals surface area (Å²) in [5, 5.41) is 0. The Bertz CT molecular complexity index is 3200. The number of pyridine rings is 1. The minimum Gasteiger partial charge on any atom is -0.457 e. The highest BCUT2D eigenvalue weighted by Gasteiger charge is 2.33. The molecule has 0 fully saturated rings. The van der Waals surface area contributed by atoms with E-state index in [-0.39, 0.29) is 10.8 Å². The summed E-state index contributed by atoms with van der Waals surface area (Å²) in [7, 11) is 0. The second-order valence-corrected chi connectivity index (χ2v) is 21.9. The predicted octanol–water partition coefficient (Wildman–Crippen LogP) is 18.4. The van der Waals surface area contributed by atoms with E-state index in [1.807, 2.05) is 6.20 Å². The lowest BCUT2D eigenvalue weighted by Crippen LogP contribution is -2.26. The van der Waals surface area contributed by atoms with Crippen LogP contribution in [0.5, 0.6) is 11.5 Å². The minimum atomic E-state index is -0.0481. The van der Waals surface area contributed by atoms with Gasteiger partial charge in [0, 0.05) is 40.8 Å². The number of benzene rings is 7. The van der Waals surface area contributed by atoms with Gasteiger partial charge in [-0.2, -0.15) is 0 Å². The number of fused-ring (bicyclic) bond motifs is 6. The van der Waals surface area contributed by atoms with E-state index in [4.69, 9.17) is 9.72 Å². The topological polar surface area (TPSA) is 31.8 Å². The Hall–Kier alpha value is -7.11. The van der Waals surface area contributed by atoms with Crippen LogP contribution in [0.3, 0.4) is 0 Å². The number of hydrogen-bond acceptors (Lipinski definition) is 5. The van der Waals surface area contributed by atoms with Gasteiger partial charge in [-0.15, -0.1) is 0 Å². The zero-order valence-electron chi connectivity index (χ0n) is 42.6. The Labute approximate surface area is 411 Å². The van der Waals surface area contributed by atoms with Gasteiger partial charge in [0.25, 0.3) is 0 Å². The molecule has 69 heavy (non-hydrogen) atoms. The summed E-state index contributed by atoms with van der Waals surface area (Å²) in [4.78, 5) is 12.3. The molecule has 0 saturated carbocycles. The largest absolute Gasteiger partial charge is 0.457 e. The molecular formula is C64H66N4O. The fourth-order valence-corrected chi connectivity index (χ4v) is 10.6. The number of nitrogens with zero attached hydrogens (tertiary/aromatic N) is 4. The molecule has 10 rings (SSSR count). The van der Waals surface area contributed by atoms with Crippen molar-refractivity contribution in [3.8, 4) is 44.9 Å². The molecule has 0 aliphatic carbocycles. The van der Waals surface area contributed by atoms with Crippen LogP contribution in [0.2, 0.25) is 0 Å². The molecule has 2 aliphatic heterocycles. The van der Waals surface area contributed by atoms with Crippen molar-refractivity contribution in [2.24, 2.45) is 0 Å². The average molecular weight is 907 g/mol. The van der Waals surface area contributed by atoms with E-state index in [1.54, 1.807) is 0 Å². The van der Waals surface area contributed by atoms with Crippen molar-refractivity contribution in [2.75, 3.05) is 21.4 Å². The Kier molecular flexibility index (Phi) is 11.5. The number of aromatic nitrogens is 1. The molecule has 2 aliphatic rings. The monoisotopic (exact) mass is 907 g/mol. The lowest BCUT2D eigenvalue weighted by atomic mass is 9.81. The third kappa shape index (κ3) is 8.36. The lowest BCUT2D eigenvalue weighted by molar-refractivity contribution is 0.483. The molecule has 8 aromatic rings. The zero-order chi connectivity index (χ0) is 48.5. The van der Waals surface area contributed by atoms with Crippen LogP contribution in [0.15, 0.2) is 158 Å². The number of ether oxygens (including phenoxy) is 1. The van der Waals surface area contributed by atoms with Gasteiger partial charge < -0.3 is 14.5 Å². The van der Waals surface area contributed by atoms with Gasteiger partial charge in [-0.3, -0.25) is 4.90 Å². The SMILES string of the molecule is Cc1cc(C(C)(C)C)cc(C)c1-c1cc(C(C)C)c(N2CN(c3cccc(Oc4ccc5c(c4)N(c4cc(C(C)(C)C)ccn4)c4ccccc4-c4ccccc4-5)c3)c3ccccc32)c(C(C)C)c1. The van der Waals surface area contributed by atoms with Gasteiger partial charge >= 0.3 is 0 Å². The molecule has 7 aromatic carbocycles. The molecule has 0 amide bonds. The first kappa shape index (κ1) is 45.7. The van der Waals surface area contributed by atoms with Crippen LogP contribution in [0.1, 0.15) is 114 Å². The lowest BCUT2D eigenvalue weighted by Gasteiger charge is -2.31. The number of aryl methyl sites for hydroxylation is 2. The quantitative estimate of drug-likeness (QED) is 0.152. The number of rotatable bonds is 8. The molecule has 0 atom stereocenters. The van der Waals surface area contributed by atoms with E-state index in [2.05, 4.69) is 249 Å². The van der Waals surface area contributed by atoms with Crippen LogP contribution in [-0.4, -0.2) is 11.7 Å². The van der Waals surface area contributed by atoms with Crippen molar-refractivity contribution < 1.29 is 4.74 Å². The maximum atomic E-state index is 6.94. The van der Waals surface area contributed by atoms with Crippen molar-refractivity contribution in [1.29, 1.82) is 0 Å². The summed E-state index contributed by atoms with van der Waals surface area (Å²) >= 11 is 0. The Morgan fingerprint density at radius 3 is 1.65 bits per heavy atom. The maximum absolute atomic E-state index is 6.94. The number of anilines is 7. The number of para-hydroxylation sites is 3. The fraction of sp³-hybridized carbons (Fsp3) is 0.266. The van der Waals surface area contributed by atoms with Gasteiger partial charge in [0.1, 0.15) is 24.0 Å². The summed E-state index contributed by atoms with van der Waals surface area (Å²) < 4.78 is 6.94. The normalized spacial score (nSPS) is 13.3. The molecule has 3 heterocycles. The molecule has 0 saturated heterocycles. The van der Waals surface area contributed by atoms with Gasteiger partial charge in [0.05, 0.1) is 22.7 Å². The first-order valence-electron chi connectivity index (χ1n) is 24.8. The van der Waals surface area contributed by atoms with Crippen molar-refractivity contribution in [1.82, 2.24) is 4.98 Å². The second-order valence-electron chi connectivity index (χ2n) is 21.9. The van der Waals surface area contributed by atoms with Crippen molar-refractivity contribution in [3.63, 3.8) is 0 Å². The van der Waals surface area contributed by atoms with E-state index < -0.39 is 0 Å². The summed E-state index contributed by atoms with van der Waals surface area (Å²) in [5.41, 5.74) is 22.2. The summed E-state index contributed by atoms with van der Waals surface area (Å²) in [5.74, 6) is 3.01. The molecule has 5 nitrogen and oxygen atoms in total. The third-order valence-electron chi connectivity index (χ3n) is 14.2. The molecule has 1 aromatic heterocycles. The smallest absolute Gasteiger partial charge is 0.137 e. The van der Waals surface area contributed by atoms with Crippen molar-refractivity contribution in [3.05, 3.63) is 191 Å². The zero-order valence-corrected chi connectivity index (χ0v) is 42.6. The van der Waals surface area contributed by atoms with Crippen LogP contribution < -0.4 is 19.4 Å².